The molecule has 0 spiro atoms. The number of carbonyl (C=O) groups is 1. The molecule has 0 saturated heterocycles. The maximum absolute atomic E-state index is 13.0. The van der Waals surface area contributed by atoms with Crippen LogP contribution >= 0.6 is 0 Å². The van der Waals surface area contributed by atoms with Crippen LogP contribution in [-0.4, -0.2) is 26.3 Å². The lowest BCUT2D eigenvalue weighted by atomic mass is 10.2. The summed E-state index contributed by atoms with van der Waals surface area (Å²) in [7, 11) is 3.08. The topological polar surface area (TPSA) is 59.9 Å². The fourth-order valence-electron chi connectivity index (χ4n) is 1.78. The lowest BCUT2D eigenvalue weighted by Crippen LogP contribution is -2.17. The number of nitrogens with zero attached hydrogens (tertiary/aromatic N) is 1. The SMILES string of the molecule is COc1ccc(C=NNC(=O)c2cccc(F)c2)c(OC)c1. The first kappa shape index (κ1) is 15.5. The highest BCUT2D eigenvalue weighted by Gasteiger charge is 2.06. The van der Waals surface area contributed by atoms with Gasteiger partial charge in [0.2, 0.25) is 0 Å². The van der Waals surface area contributed by atoms with Crippen molar-refractivity contribution in [1.29, 1.82) is 0 Å². The number of hydrogen-bond acceptors (Lipinski definition) is 4. The normalized spacial score (nSPS) is 10.5. The molecule has 0 heterocycles. The van der Waals surface area contributed by atoms with Crippen molar-refractivity contribution in [2.45, 2.75) is 0 Å². The average molecular weight is 302 g/mol. The predicted molar refractivity (Wildman–Crippen MR) is 81.0 cm³/mol. The molecule has 0 atom stereocenters. The maximum atomic E-state index is 13.0. The minimum atomic E-state index is -0.497. The van der Waals surface area contributed by atoms with E-state index < -0.39 is 11.7 Å². The van der Waals surface area contributed by atoms with E-state index in [1.54, 1.807) is 25.3 Å². The second-order valence-electron chi connectivity index (χ2n) is 4.32. The largest absolute Gasteiger partial charge is 0.497 e. The Balaban J connectivity index is 2.08. The van der Waals surface area contributed by atoms with E-state index in [0.717, 1.165) is 6.07 Å². The number of benzene rings is 2. The third kappa shape index (κ3) is 3.82. The van der Waals surface area contributed by atoms with Crippen LogP contribution in [0.15, 0.2) is 47.6 Å². The summed E-state index contributed by atoms with van der Waals surface area (Å²) in [4.78, 5) is 11.8. The van der Waals surface area contributed by atoms with Gasteiger partial charge in [0.05, 0.1) is 20.4 Å². The Kier molecular flexibility index (Phi) is 5.08. The van der Waals surface area contributed by atoms with Crippen molar-refractivity contribution in [2.24, 2.45) is 5.10 Å². The zero-order valence-electron chi connectivity index (χ0n) is 12.2. The van der Waals surface area contributed by atoms with E-state index in [0.29, 0.717) is 17.1 Å². The van der Waals surface area contributed by atoms with Gasteiger partial charge in [0, 0.05) is 17.2 Å². The molecule has 0 fully saturated rings. The summed E-state index contributed by atoms with van der Waals surface area (Å²) in [6, 6.07) is 10.6. The molecule has 2 aromatic carbocycles. The van der Waals surface area contributed by atoms with Gasteiger partial charge >= 0.3 is 0 Å². The number of ether oxygens (including phenoxy) is 2. The molecule has 0 aliphatic rings. The number of halogens is 1. The Bertz CT molecular complexity index is 702. The summed E-state index contributed by atoms with van der Waals surface area (Å²) in [5.41, 5.74) is 3.19. The number of hydrogen-bond donors (Lipinski definition) is 1. The van der Waals surface area contributed by atoms with Crippen molar-refractivity contribution in [3.05, 3.63) is 59.4 Å². The number of amides is 1. The number of methoxy groups -OCH3 is 2. The molecule has 0 saturated carbocycles. The van der Waals surface area contributed by atoms with Gasteiger partial charge in [-0.05, 0) is 30.3 Å². The minimum absolute atomic E-state index is 0.193. The third-order valence-corrected chi connectivity index (χ3v) is 2.90. The highest BCUT2D eigenvalue weighted by atomic mass is 19.1. The second-order valence-corrected chi connectivity index (χ2v) is 4.32. The van der Waals surface area contributed by atoms with Gasteiger partial charge in [-0.25, -0.2) is 9.82 Å². The molecule has 0 bridgehead atoms. The van der Waals surface area contributed by atoms with Gasteiger partial charge in [0.25, 0.3) is 5.91 Å². The van der Waals surface area contributed by atoms with Crippen LogP contribution in [0.1, 0.15) is 15.9 Å². The van der Waals surface area contributed by atoms with E-state index in [9.17, 15) is 9.18 Å². The van der Waals surface area contributed by atoms with Gasteiger partial charge in [-0.2, -0.15) is 5.10 Å². The standard InChI is InChI=1S/C16H15FN2O3/c1-21-14-7-6-12(15(9-14)22-2)10-18-19-16(20)11-4-3-5-13(17)8-11/h3-10H,1-2H3,(H,19,20). The van der Waals surface area contributed by atoms with Crippen molar-refractivity contribution in [2.75, 3.05) is 14.2 Å². The van der Waals surface area contributed by atoms with E-state index in [1.807, 2.05) is 0 Å². The molecule has 22 heavy (non-hydrogen) atoms. The van der Waals surface area contributed by atoms with Crippen LogP contribution in [0.2, 0.25) is 0 Å². The smallest absolute Gasteiger partial charge is 0.271 e. The molecule has 0 aliphatic heterocycles. The predicted octanol–water partition coefficient (Wildman–Crippen LogP) is 2.61. The molecular weight excluding hydrogens is 287 g/mol. The van der Waals surface area contributed by atoms with Gasteiger partial charge < -0.3 is 9.47 Å². The quantitative estimate of drug-likeness (QED) is 0.682. The lowest BCUT2D eigenvalue weighted by Gasteiger charge is -2.06. The molecular formula is C16H15FN2O3. The summed E-state index contributed by atoms with van der Waals surface area (Å²) in [6.45, 7) is 0. The van der Waals surface area contributed by atoms with E-state index in [2.05, 4.69) is 10.5 Å². The summed E-state index contributed by atoms with van der Waals surface area (Å²) in [5.74, 6) is 0.234. The highest BCUT2D eigenvalue weighted by molar-refractivity contribution is 5.95. The second kappa shape index (κ2) is 7.21. The van der Waals surface area contributed by atoms with Crippen molar-refractivity contribution >= 4 is 12.1 Å². The van der Waals surface area contributed by atoms with Crippen molar-refractivity contribution < 1.29 is 18.7 Å². The molecule has 0 aromatic heterocycles. The number of carbonyl (C=O) groups excluding carboxylic acids is 1. The zero-order valence-corrected chi connectivity index (χ0v) is 12.2. The maximum Gasteiger partial charge on any atom is 0.271 e. The summed E-state index contributed by atoms with van der Waals surface area (Å²) in [5, 5.41) is 3.84. The first-order chi connectivity index (χ1) is 10.6. The van der Waals surface area contributed by atoms with Crippen LogP contribution in [-0.2, 0) is 0 Å². The van der Waals surface area contributed by atoms with Crippen LogP contribution < -0.4 is 14.9 Å². The summed E-state index contributed by atoms with van der Waals surface area (Å²) >= 11 is 0. The van der Waals surface area contributed by atoms with E-state index in [4.69, 9.17) is 9.47 Å². The Morgan fingerprint density at radius 1 is 1.18 bits per heavy atom. The van der Waals surface area contributed by atoms with Gasteiger partial charge in [-0.3, -0.25) is 4.79 Å². The molecule has 1 amide bonds. The van der Waals surface area contributed by atoms with Crippen LogP contribution in [0, 0.1) is 5.82 Å². The van der Waals surface area contributed by atoms with Gasteiger partial charge in [-0.15, -0.1) is 0 Å². The number of rotatable bonds is 5. The molecule has 0 aliphatic carbocycles. The monoisotopic (exact) mass is 302 g/mol. The number of nitrogens with one attached hydrogen (secondary N) is 1. The first-order valence-corrected chi connectivity index (χ1v) is 6.45. The van der Waals surface area contributed by atoms with Crippen molar-refractivity contribution in [1.82, 2.24) is 5.43 Å². The van der Waals surface area contributed by atoms with Crippen molar-refractivity contribution in [3.8, 4) is 11.5 Å². The summed E-state index contributed by atoms with van der Waals surface area (Å²) in [6.07, 6.45) is 1.44. The van der Waals surface area contributed by atoms with Crippen molar-refractivity contribution in [3.63, 3.8) is 0 Å². The summed E-state index contributed by atoms with van der Waals surface area (Å²) < 4.78 is 23.3. The van der Waals surface area contributed by atoms with E-state index in [1.165, 1.54) is 31.5 Å². The Morgan fingerprint density at radius 2 is 2.00 bits per heavy atom. The molecule has 6 heteroatoms. The average Bonchev–Trinajstić information content (AvgIpc) is 2.54. The van der Waals surface area contributed by atoms with Gasteiger partial charge in [-0.1, -0.05) is 6.07 Å². The number of hydrazone groups is 1. The van der Waals surface area contributed by atoms with Crippen LogP contribution in [0.25, 0.3) is 0 Å². The molecule has 0 radical (unpaired) electrons. The fourth-order valence-corrected chi connectivity index (χ4v) is 1.78. The molecule has 114 valence electrons. The van der Waals surface area contributed by atoms with Crippen LogP contribution in [0.3, 0.4) is 0 Å². The highest BCUT2D eigenvalue weighted by Crippen LogP contribution is 2.22. The minimum Gasteiger partial charge on any atom is -0.497 e. The van der Waals surface area contributed by atoms with Gasteiger partial charge in [0.1, 0.15) is 17.3 Å². The van der Waals surface area contributed by atoms with Crippen LogP contribution in [0.5, 0.6) is 11.5 Å². The molecule has 2 aromatic rings. The fraction of sp³-hybridized carbons (Fsp3) is 0.125. The Morgan fingerprint density at radius 3 is 2.68 bits per heavy atom. The molecule has 1 N–H and O–H groups in total. The van der Waals surface area contributed by atoms with E-state index in [-0.39, 0.29) is 5.56 Å². The zero-order chi connectivity index (χ0) is 15.9. The third-order valence-electron chi connectivity index (χ3n) is 2.90. The molecule has 5 nitrogen and oxygen atoms in total. The Labute approximate surface area is 127 Å². The first-order valence-electron chi connectivity index (χ1n) is 6.45. The molecule has 0 unspecified atom stereocenters. The Hall–Kier alpha value is -2.89. The molecule has 2 rings (SSSR count). The lowest BCUT2D eigenvalue weighted by molar-refractivity contribution is 0.0954. The van der Waals surface area contributed by atoms with Crippen LogP contribution in [0.4, 0.5) is 4.39 Å². The van der Waals surface area contributed by atoms with E-state index >= 15 is 0 Å². The van der Waals surface area contributed by atoms with Gasteiger partial charge in [0.15, 0.2) is 0 Å².